The third-order valence-electron chi connectivity index (χ3n) is 4.83. The van der Waals surface area contributed by atoms with E-state index in [0.29, 0.717) is 23.7 Å². The number of carbonyl (C=O) groups is 1. The van der Waals surface area contributed by atoms with Gasteiger partial charge in [-0.05, 0) is 57.5 Å². The van der Waals surface area contributed by atoms with Crippen LogP contribution in [0.5, 0.6) is 0 Å². The number of halogens is 5. The molecule has 8 heteroatoms. The van der Waals surface area contributed by atoms with E-state index in [2.05, 4.69) is 16.9 Å². The first-order valence-corrected chi connectivity index (χ1v) is 8.73. The number of Topliss-reactive ketones (excluding diaryl/α,β-unsaturated/α-hetero) is 1. The first kappa shape index (κ1) is 24.4. The van der Waals surface area contributed by atoms with Gasteiger partial charge >= 0.3 is 0 Å². The van der Waals surface area contributed by atoms with Crippen molar-refractivity contribution in [3.05, 3.63) is 64.7 Å². The van der Waals surface area contributed by atoms with Crippen LogP contribution >= 0.6 is 24.8 Å². The second-order valence-electron chi connectivity index (χ2n) is 6.92. The highest BCUT2D eigenvalue weighted by atomic mass is 35.5. The SMILES string of the molecule is CN1CCC(Cc2cccc(CC(=O)c3c(F)cc(F)cc3F)n2)CC1.Cl.Cl. The molecular formula is C20H23Cl2F3N2O. The molecule has 0 radical (unpaired) electrons. The first-order chi connectivity index (χ1) is 12.4. The molecule has 0 unspecified atom stereocenters. The van der Waals surface area contributed by atoms with Gasteiger partial charge in [-0.2, -0.15) is 0 Å². The van der Waals surface area contributed by atoms with Crippen LogP contribution < -0.4 is 0 Å². The van der Waals surface area contributed by atoms with Crippen molar-refractivity contribution in [3.63, 3.8) is 0 Å². The average molecular weight is 435 g/mol. The molecule has 154 valence electrons. The highest BCUT2D eigenvalue weighted by molar-refractivity contribution is 5.97. The van der Waals surface area contributed by atoms with Crippen molar-refractivity contribution in [3.8, 4) is 0 Å². The number of nitrogens with zero attached hydrogens (tertiary/aromatic N) is 2. The van der Waals surface area contributed by atoms with Gasteiger partial charge in [0.2, 0.25) is 0 Å². The minimum absolute atomic E-state index is 0. The van der Waals surface area contributed by atoms with Crippen LogP contribution in [0.4, 0.5) is 13.2 Å². The summed E-state index contributed by atoms with van der Waals surface area (Å²) >= 11 is 0. The minimum atomic E-state index is -1.19. The van der Waals surface area contributed by atoms with E-state index in [0.717, 1.165) is 38.0 Å². The lowest BCUT2D eigenvalue weighted by Gasteiger charge is -2.28. The van der Waals surface area contributed by atoms with Gasteiger partial charge in [-0.25, -0.2) is 13.2 Å². The zero-order chi connectivity index (χ0) is 18.7. The fourth-order valence-corrected chi connectivity index (χ4v) is 3.36. The standard InChI is InChI=1S/C20H21F3N2O.2ClH/c1-25-7-5-13(6-8-25)9-15-3-2-4-16(24-15)12-19(26)20-17(22)10-14(21)11-18(20)23;;/h2-4,10-11,13H,5-9,12H2,1H3;2*1H. The Balaban J connectivity index is 0.00000196. The highest BCUT2D eigenvalue weighted by Gasteiger charge is 2.21. The van der Waals surface area contributed by atoms with Crippen molar-refractivity contribution < 1.29 is 18.0 Å². The molecule has 0 atom stereocenters. The quantitative estimate of drug-likeness (QED) is 0.641. The molecule has 0 saturated carbocycles. The molecule has 0 N–H and O–H groups in total. The molecule has 28 heavy (non-hydrogen) atoms. The molecule has 1 aliphatic rings. The van der Waals surface area contributed by atoms with Crippen LogP contribution in [-0.2, 0) is 12.8 Å². The molecule has 2 aromatic rings. The molecule has 1 aromatic carbocycles. The number of hydrogen-bond acceptors (Lipinski definition) is 3. The van der Waals surface area contributed by atoms with Crippen LogP contribution in [0.2, 0.25) is 0 Å². The van der Waals surface area contributed by atoms with E-state index < -0.39 is 28.8 Å². The number of rotatable bonds is 5. The molecule has 1 saturated heterocycles. The summed E-state index contributed by atoms with van der Waals surface area (Å²) < 4.78 is 40.5. The lowest BCUT2D eigenvalue weighted by molar-refractivity contribution is 0.0983. The largest absolute Gasteiger partial charge is 0.306 e. The Hall–Kier alpha value is -1.63. The van der Waals surface area contributed by atoms with E-state index in [9.17, 15) is 18.0 Å². The molecule has 1 fully saturated rings. The fourth-order valence-electron chi connectivity index (χ4n) is 3.36. The number of pyridine rings is 1. The van der Waals surface area contributed by atoms with E-state index in [-0.39, 0.29) is 31.2 Å². The molecule has 0 bridgehead atoms. The third-order valence-corrected chi connectivity index (χ3v) is 4.83. The summed E-state index contributed by atoms with van der Waals surface area (Å²) in [7, 11) is 2.11. The summed E-state index contributed by atoms with van der Waals surface area (Å²) in [5, 5.41) is 0. The summed E-state index contributed by atoms with van der Waals surface area (Å²) in [5.74, 6) is -3.61. The summed E-state index contributed by atoms with van der Waals surface area (Å²) in [5.41, 5.74) is 0.627. The molecule has 3 rings (SSSR count). The van der Waals surface area contributed by atoms with Gasteiger partial charge in [0.25, 0.3) is 0 Å². The maximum absolute atomic E-state index is 13.8. The highest BCUT2D eigenvalue weighted by Crippen LogP contribution is 2.21. The van der Waals surface area contributed by atoms with E-state index in [4.69, 9.17) is 0 Å². The zero-order valence-corrected chi connectivity index (χ0v) is 17.1. The van der Waals surface area contributed by atoms with Gasteiger partial charge in [-0.3, -0.25) is 9.78 Å². The van der Waals surface area contributed by atoms with Gasteiger partial charge in [0.05, 0.1) is 12.0 Å². The van der Waals surface area contributed by atoms with Gasteiger partial charge in [-0.15, -0.1) is 24.8 Å². The molecule has 0 aliphatic carbocycles. The fraction of sp³-hybridized carbons (Fsp3) is 0.400. The lowest BCUT2D eigenvalue weighted by atomic mass is 9.92. The monoisotopic (exact) mass is 434 g/mol. The van der Waals surface area contributed by atoms with Gasteiger partial charge in [0, 0.05) is 23.5 Å². The number of carbonyl (C=O) groups excluding carboxylic acids is 1. The summed E-state index contributed by atoms with van der Waals surface area (Å²) in [6.45, 7) is 2.12. The van der Waals surface area contributed by atoms with E-state index >= 15 is 0 Å². The Morgan fingerprint density at radius 2 is 1.64 bits per heavy atom. The molecule has 0 amide bonds. The van der Waals surface area contributed by atoms with Crippen molar-refractivity contribution in [2.75, 3.05) is 20.1 Å². The maximum Gasteiger partial charge on any atom is 0.174 e. The zero-order valence-electron chi connectivity index (χ0n) is 15.5. The van der Waals surface area contributed by atoms with E-state index in [1.807, 2.05) is 6.07 Å². The van der Waals surface area contributed by atoms with E-state index in [1.54, 1.807) is 12.1 Å². The van der Waals surface area contributed by atoms with Crippen molar-refractivity contribution >= 4 is 30.6 Å². The Morgan fingerprint density at radius 1 is 1.07 bits per heavy atom. The predicted octanol–water partition coefficient (Wildman–Crippen LogP) is 4.65. The van der Waals surface area contributed by atoms with Gasteiger partial charge in [-0.1, -0.05) is 6.07 Å². The summed E-state index contributed by atoms with van der Waals surface area (Å²) in [6.07, 6.45) is 2.82. The van der Waals surface area contributed by atoms with Crippen molar-refractivity contribution in [2.45, 2.75) is 25.7 Å². The smallest absolute Gasteiger partial charge is 0.174 e. The summed E-state index contributed by atoms with van der Waals surface area (Å²) in [6, 6.07) is 6.40. The van der Waals surface area contributed by atoms with Crippen LogP contribution in [0.3, 0.4) is 0 Å². The Kier molecular flexibility index (Phi) is 9.40. The lowest BCUT2D eigenvalue weighted by Crippen LogP contribution is -2.31. The Bertz CT molecular complexity index is 789. The van der Waals surface area contributed by atoms with Crippen LogP contribution in [0.1, 0.15) is 34.6 Å². The number of piperidine rings is 1. The number of likely N-dealkylation sites (tertiary alicyclic amines) is 1. The molecule has 0 spiro atoms. The predicted molar refractivity (Wildman–Crippen MR) is 107 cm³/mol. The van der Waals surface area contributed by atoms with Crippen LogP contribution in [0.25, 0.3) is 0 Å². The minimum Gasteiger partial charge on any atom is -0.306 e. The van der Waals surface area contributed by atoms with Gasteiger partial charge in [0.1, 0.15) is 17.5 Å². The van der Waals surface area contributed by atoms with Crippen molar-refractivity contribution in [2.24, 2.45) is 5.92 Å². The average Bonchev–Trinajstić information content (AvgIpc) is 2.56. The van der Waals surface area contributed by atoms with Crippen LogP contribution in [0.15, 0.2) is 30.3 Å². The van der Waals surface area contributed by atoms with Gasteiger partial charge < -0.3 is 4.90 Å². The number of hydrogen-bond donors (Lipinski definition) is 0. The van der Waals surface area contributed by atoms with E-state index in [1.165, 1.54) is 0 Å². The second kappa shape index (κ2) is 10.8. The van der Waals surface area contributed by atoms with Crippen LogP contribution in [0, 0.1) is 23.4 Å². The molecular weight excluding hydrogens is 412 g/mol. The van der Waals surface area contributed by atoms with Crippen molar-refractivity contribution in [1.82, 2.24) is 9.88 Å². The third kappa shape index (κ3) is 6.19. The normalized spacial score (nSPS) is 14.9. The Morgan fingerprint density at radius 3 is 2.25 bits per heavy atom. The Labute approximate surface area is 175 Å². The second-order valence-corrected chi connectivity index (χ2v) is 6.92. The molecule has 1 aromatic heterocycles. The number of aromatic nitrogens is 1. The molecule has 2 heterocycles. The van der Waals surface area contributed by atoms with Crippen LogP contribution in [-0.4, -0.2) is 35.8 Å². The first-order valence-electron chi connectivity index (χ1n) is 8.73. The van der Waals surface area contributed by atoms with Gasteiger partial charge in [0.15, 0.2) is 5.78 Å². The number of ketones is 1. The molecule has 1 aliphatic heterocycles. The maximum atomic E-state index is 13.8. The summed E-state index contributed by atoms with van der Waals surface area (Å²) in [4.78, 5) is 19.0. The topological polar surface area (TPSA) is 33.2 Å². The van der Waals surface area contributed by atoms with Crippen molar-refractivity contribution in [1.29, 1.82) is 0 Å². The number of benzene rings is 1. The molecule has 3 nitrogen and oxygen atoms in total.